The first-order chi connectivity index (χ1) is 8.72. The maximum Gasteiger partial charge on any atom is 0.334 e. The van der Waals surface area contributed by atoms with E-state index in [2.05, 4.69) is 13.8 Å². The van der Waals surface area contributed by atoms with Crippen molar-refractivity contribution in [3.8, 4) is 0 Å². The molecule has 0 aliphatic carbocycles. The molecule has 0 radical (unpaired) electrons. The lowest BCUT2D eigenvalue weighted by Crippen LogP contribution is -2.24. The summed E-state index contributed by atoms with van der Waals surface area (Å²) in [5.41, 5.74) is 0. The van der Waals surface area contributed by atoms with E-state index in [1.165, 1.54) is 32.1 Å². The van der Waals surface area contributed by atoms with Gasteiger partial charge in [-0.25, -0.2) is 4.79 Å². The summed E-state index contributed by atoms with van der Waals surface area (Å²) in [6.07, 6.45) is 8.75. The molecule has 0 saturated heterocycles. The van der Waals surface area contributed by atoms with E-state index in [4.69, 9.17) is 9.47 Å². The Labute approximate surface area is 112 Å². The smallest absolute Gasteiger partial charge is 0.334 e. The van der Waals surface area contributed by atoms with Crippen LogP contribution in [-0.2, 0) is 14.3 Å². The highest BCUT2D eigenvalue weighted by molar-refractivity contribution is 5.74. The van der Waals surface area contributed by atoms with E-state index in [9.17, 15) is 4.79 Å². The molecule has 0 saturated carbocycles. The van der Waals surface area contributed by atoms with Gasteiger partial charge in [0.25, 0.3) is 0 Å². The van der Waals surface area contributed by atoms with E-state index in [0.717, 1.165) is 19.3 Å². The molecule has 0 amide bonds. The van der Waals surface area contributed by atoms with Crippen molar-refractivity contribution in [3.63, 3.8) is 0 Å². The third-order valence-corrected chi connectivity index (χ3v) is 2.94. The molecule has 18 heavy (non-hydrogen) atoms. The summed E-state index contributed by atoms with van der Waals surface area (Å²) in [6, 6.07) is 0. The lowest BCUT2D eigenvalue weighted by atomic mass is 10.2. The number of ether oxygens (including phenoxy) is 2. The number of rotatable bonds is 12. The molecule has 0 aliphatic heterocycles. The summed E-state index contributed by atoms with van der Waals surface area (Å²) in [5, 5.41) is 0. The predicted octanol–water partition coefficient (Wildman–Crippen LogP) is 4.10. The Balaban J connectivity index is 3.39. The fourth-order valence-electron chi connectivity index (χ4n) is 1.68. The number of carbonyl (C=O) groups excluding carboxylic acids is 1. The van der Waals surface area contributed by atoms with Crippen LogP contribution in [-0.4, -0.2) is 25.3 Å². The summed E-state index contributed by atoms with van der Waals surface area (Å²) in [5.74, 6) is -0.220. The van der Waals surface area contributed by atoms with Gasteiger partial charge >= 0.3 is 5.97 Å². The van der Waals surface area contributed by atoms with Crippen LogP contribution < -0.4 is 0 Å². The number of hydrogen-bond acceptors (Lipinski definition) is 3. The van der Waals surface area contributed by atoms with Crippen LogP contribution in [0, 0.1) is 0 Å². The Morgan fingerprint density at radius 1 is 0.889 bits per heavy atom. The van der Waals surface area contributed by atoms with E-state index >= 15 is 0 Å². The maximum absolute atomic E-state index is 11.5. The van der Waals surface area contributed by atoms with Crippen LogP contribution in [0.3, 0.4) is 0 Å². The normalized spacial score (nSPS) is 12.4. The molecule has 0 N–H and O–H groups in total. The van der Waals surface area contributed by atoms with Crippen LogP contribution in [0.1, 0.15) is 72.1 Å². The lowest BCUT2D eigenvalue weighted by molar-refractivity contribution is -0.156. The molecule has 0 fully saturated rings. The number of carbonyl (C=O) groups is 1. The van der Waals surface area contributed by atoms with Gasteiger partial charge in [-0.15, -0.1) is 0 Å². The highest BCUT2D eigenvalue weighted by atomic mass is 16.6. The van der Waals surface area contributed by atoms with E-state index in [1.54, 1.807) is 6.92 Å². The molecule has 108 valence electrons. The van der Waals surface area contributed by atoms with E-state index in [1.807, 2.05) is 0 Å². The van der Waals surface area contributed by atoms with Gasteiger partial charge in [-0.05, 0) is 19.8 Å². The maximum atomic E-state index is 11.5. The molecule has 0 heterocycles. The SMILES string of the molecule is CCCCCCOC(=O)C(C)OCCCCCC. The molecule has 0 aromatic rings. The average molecular weight is 258 g/mol. The summed E-state index contributed by atoms with van der Waals surface area (Å²) in [4.78, 5) is 11.5. The van der Waals surface area contributed by atoms with Gasteiger partial charge in [0.15, 0.2) is 6.10 Å². The van der Waals surface area contributed by atoms with Crippen LogP contribution in [0.2, 0.25) is 0 Å². The topological polar surface area (TPSA) is 35.5 Å². The third kappa shape index (κ3) is 10.6. The summed E-state index contributed by atoms with van der Waals surface area (Å²) in [6.45, 7) is 7.31. The van der Waals surface area contributed by atoms with Crippen molar-refractivity contribution < 1.29 is 14.3 Å². The lowest BCUT2D eigenvalue weighted by Gasteiger charge is -2.12. The Bertz CT molecular complexity index is 192. The van der Waals surface area contributed by atoms with Gasteiger partial charge in [0.1, 0.15) is 0 Å². The Morgan fingerprint density at radius 3 is 2.00 bits per heavy atom. The zero-order chi connectivity index (χ0) is 13.6. The van der Waals surface area contributed by atoms with Gasteiger partial charge in [0.2, 0.25) is 0 Å². The van der Waals surface area contributed by atoms with Crippen molar-refractivity contribution in [2.75, 3.05) is 13.2 Å². The van der Waals surface area contributed by atoms with Gasteiger partial charge in [-0.1, -0.05) is 52.4 Å². The van der Waals surface area contributed by atoms with Gasteiger partial charge in [0, 0.05) is 6.61 Å². The fourth-order valence-corrected chi connectivity index (χ4v) is 1.68. The second-order valence-corrected chi connectivity index (χ2v) is 4.80. The van der Waals surface area contributed by atoms with E-state index < -0.39 is 6.10 Å². The molecule has 1 atom stereocenters. The van der Waals surface area contributed by atoms with E-state index in [-0.39, 0.29) is 5.97 Å². The predicted molar refractivity (Wildman–Crippen MR) is 74.7 cm³/mol. The Hall–Kier alpha value is -0.570. The second-order valence-electron chi connectivity index (χ2n) is 4.80. The third-order valence-electron chi connectivity index (χ3n) is 2.94. The molecule has 0 aromatic heterocycles. The first-order valence-electron chi connectivity index (χ1n) is 7.50. The molecule has 0 spiro atoms. The van der Waals surface area contributed by atoms with Crippen LogP contribution in [0.5, 0.6) is 0 Å². The van der Waals surface area contributed by atoms with Crippen molar-refractivity contribution >= 4 is 5.97 Å². The fraction of sp³-hybridized carbons (Fsp3) is 0.933. The van der Waals surface area contributed by atoms with Crippen LogP contribution in [0.25, 0.3) is 0 Å². The number of unbranched alkanes of at least 4 members (excludes halogenated alkanes) is 6. The van der Waals surface area contributed by atoms with E-state index in [0.29, 0.717) is 13.2 Å². The van der Waals surface area contributed by atoms with Crippen molar-refractivity contribution in [3.05, 3.63) is 0 Å². The van der Waals surface area contributed by atoms with Gasteiger partial charge in [0.05, 0.1) is 6.61 Å². The van der Waals surface area contributed by atoms with Crippen molar-refractivity contribution in [2.45, 2.75) is 78.2 Å². The Kier molecular flexibility index (Phi) is 12.5. The summed E-state index contributed by atoms with van der Waals surface area (Å²) < 4.78 is 10.6. The molecule has 3 heteroatoms. The summed E-state index contributed by atoms with van der Waals surface area (Å²) in [7, 11) is 0. The minimum atomic E-state index is -0.419. The molecule has 0 rings (SSSR count). The van der Waals surface area contributed by atoms with Crippen molar-refractivity contribution in [1.82, 2.24) is 0 Å². The molecular formula is C15H30O3. The second kappa shape index (κ2) is 12.9. The van der Waals surface area contributed by atoms with Crippen LogP contribution in [0.4, 0.5) is 0 Å². The van der Waals surface area contributed by atoms with Crippen molar-refractivity contribution in [1.29, 1.82) is 0 Å². The molecule has 0 bridgehead atoms. The minimum absolute atomic E-state index is 0.220. The molecular weight excluding hydrogens is 228 g/mol. The molecule has 0 aromatic carbocycles. The average Bonchev–Trinajstić information content (AvgIpc) is 2.37. The van der Waals surface area contributed by atoms with Gasteiger partial charge < -0.3 is 9.47 Å². The summed E-state index contributed by atoms with van der Waals surface area (Å²) >= 11 is 0. The Morgan fingerprint density at radius 2 is 1.44 bits per heavy atom. The van der Waals surface area contributed by atoms with Gasteiger partial charge in [-0.3, -0.25) is 0 Å². The zero-order valence-corrected chi connectivity index (χ0v) is 12.4. The number of esters is 1. The molecule has 3 nitrogen and oxygen atoms in total. The van der Waals surface area contributed by atoms with Crippen LogP contribution in [0.15, 0.2) is 0 Å². The zero-order valence-electron chi connectivity index (χ0n) is 12.4. The van der Waals surface area contributed by atoms with Crippen LogP contribution >= 0.6 is 0 Å². The standard InChI is InChI=1S/C15H30O3/c1-4-6-8-10-12-17-14(3)15(16)18-13-11-9-7-5-2/h14H,4-13H2,1-3H3. The number of hydrogen-bond donors (Lipinski definition) is 0. The monoisotopic (exact) mass is 258 g/mol. The van der Waals surface area contributed by atoms with Gasteiger partial charge in [-0.2, -0.15) is 0 Å². The highest BCUT2D eigenvalue weighted by Gasteiger charge is 2.14. The minimum Gasteiger partial charge on any atom is -0.464 e. The first kappa shape index (κ1) is 17.4. The largest absolute Gasteiger partial charge is 0.464 e. The van der Waals surface area contributed by atoms with Crippen molar-refractivity contribution in [2.24, 2.45) is 0 Å². The molecule has 1 unspecified atom stereocenters. The first-order valence-corrected chi connectivity index (χ1v) is 7.50. The quantitative estimate of drug-likeness (QED) is 0.390. The highest BCUT2D eigenvalue weighted by Crippen LogP contribution is 2.03. The molecule has 0 aliphatic rings.